The van der Waals surface area contributed by atoms with Crippen LogP contribution in [0.5, 0.6) is 5.75 Å². The van der Waals surface area contributed by atoms with Crippen molar-refractivity contribution in [3.8, 4) is 16.9 Å². The number of aryl methyl sites for hydroxylation is 1. The lowest BCUT2D eigenvalue weighted by atomic mass is 9.98. The van der Waals surface area contributed by atoms with Gasteiger partial charge in [0.15, 0.2) is 0 Å². The Morgan fingerprint density at radius 2 is 1.92 bits per heavy atom. The molecule has 1 aromatic heterocycles. The summed E-state index contributed by atoms with van der Waals surface area (Å²) < 4.78 is 10.7. The first-order valence-corrected chi connectivity index (χ1v) is 7.53. The van der Waals surface area contributed by atoms with Crippen LogP contribution in [0.15, 0.2) is 57.7 Å². The summed E-state index contributed by atoms with van der Waals surface area (Å²) >= 11 is 0. The molecule has 3 rings (SSSR count). The number of aliphatic carboxylic acids is 1. The Morgan fingerprint density at radius 1 is 1.12 bits per heavy atom. The van der Waals surface area contributed by atoms with Crippen molar-refractivity contribution in [2.75, 3.05) is 6.61 Å². The monoisotopic (exact) mass is 324 g/mol. The largest absolute Gasteiger partial charge is 0.493 e. The molecule has 1 N–H and O–H groups in total. The minimum absolute atomic E-state index is 0.0581. The molecule has 0 amide bonds. The molecular formula is C19H16O5. The Hall–Kier alpha value is -3.08. The lowest BCUT2D eigenvalue weighted by Gasteiger charge is -2.10. The van der Waals surface area contributed by atoms with Crippen LogP contribution in [0.25, 0.3) is 22.1 Å². The maximum Gasteiger partial charge on any atom is 0.336 e. The predicted molar refractivity (Wildman–Crippen MR) is 90.4 cm³/mol. The Bertz CT molecular complexity index is 955. The van der Waals surface area contributed by atoms with Crippen LogP contribution in [0.4, 0.5) is 0 Å². The van der Waals surface area contributed by atoms with Crippen molar-refractivity contribution in [3.05, 3.63) is 64.5 Å². The first-order valence-electron chi connectivity index (χ1n) is 7.53. The second kappa shape index (κ2) is 6.58. The molecule has 122 valence electrons. The van der Waals surface area contributed by atoms with Crippen LogP contribution in [-0.4, -0.2) is 17.7 Å². The van der Waals surface area contributed by atoms with Gasteiger partial charge in [-0.3, -0.25) is 4.79 Å². The topological polar surface area (TPSA) is 76.7 Å². The highest BCUT2D eigenvalue weighted by atomic mass is 16.5. The Morgan fingerprint density at radius 3 is 2.67 bits per heavy atom. The molecule has 0 saturated carbocycles. The van der Waals surface area contributed by atoms with Crippen LogP contribution in [0.2, 0.25) is 0 Å². The van der Waals surface area contributed by atoms with E-state index in [1.807, 2.05) is 37.3 Å². The quantitative estimate of drug-likeness (QED) is 0.725. The van der Waals surface area contributed by atoms with E-state index in [1.54, 1.807) is 12.1 Å². The van der Waals surface area contributed by atoms with Crippen LogP contribution in [-0.2, 0) is 4.79 Å². The van der Waals surface area contributed by atoms with Gasteiger partial charge in [0.2, 0.25) is 0 Å². The zero-order valence-electron chi connectivity index (χ0n) is 13.1. The fraction of sp³-hybridized carbons (Fsp3) is 0.158. The normalized spacial score (nSPS) is 10.7. The molecule has 0 saturated heterocycles. The van der Waals surface area contributed by atoms with Crippen LogP contribution < -0.4 is 10.4 Å². The van der Waals surface area contributed by atoms with Gasteiger partial charge in [0.05, 0.1) is 13.0 Å². The molecule has 2 aromatic carbocycles. The number of rotatable bonds is 5. The zero-order valence-corrected chi connectivity index (χ0v) is 13.1. The van der Waals surface area contributed by atoms with E-state index in [4.69, 9.17) is 14.3 Å². The molecular weight excluding hydrogens is 308 g/mol. The Kier molecular flexibility index (Phi) is 4.33. The number of hydrogen-bond donors (Lipinski definition) is 1. The van der Waals surface area contributed by atoms with Crippen LogP contribution in [0, 0.1) is 6.92 Å². The maximum absolute atomic E-state index is 11.9. The highest BCUT2D eigenvalue weighted by Gasteiger charge is 2.11. The lowest BCUT2D eigenvalue weighted by molar-refractivity contribution is -0.137. The van der Waals surface area contributed by atoms with Crippen molar-refractivity contribution < 1.29 is 19.1 Å². The highest BCUT2D eigenvalue weighted by Crippen LogP contribution is 2.31. The summed E-state index contributed by atoms with van der Waals surface area (Å²) in [4.78, 5) is 22.5. The molecule has 3 aromatic rings. The smallest absolute Gasteiger partial charge is 0.336 e. The molecule has 5 nitrogen and oxygen atoms in total. The number of carbonyl (C=O) groups is 1. The predicted octanol–water partition coefficient (Wildman–Crippen LogP) is 3.62. The Balaban J connectivity index is 2.04. The summed E-state index contributed by atoms with van der Waals surface area (Å²) in [5, 5.41) is 9.45. The summed E-state index contributed by atoms with van der Waals surface area (Å²) in [5.74, 6) is -0.460. The average Bonchev–Trinajstić information content (AvgIpc) is 2.54. The number of hydrogen-bond acceptors (Lipinski definition) is 4. The van der Waals surface area contributed by atoms with E-state index in [-0.39, 0.29) is 13.0 Å². The van der Waals surface area contributed by atoms with E-state index in [0.29, 0.717) is 11.3 Å². The lowest BCUT2D eigenvalue weighted by Crippen LogP contribution is -2.05. The minimum atomic E-state index is -0.927. The fourth-order valence-corrected chi connectivity index (χ4v) is 2.59. The molecule has 0 radical (unpaired) electrons. The van der Waals surface area contributed by atoms with E-state index in [2.05, 4.69) is 0 Å². The first-order chi connectivity index (χ1) is 11.5. The summed E-state index contributed by atoms with van der Waals surface area (Å²) in [6, 6.07) is 14.5. The first kappa shape index (κ1) is 15.8. The second-order valence-corrected chi connectivity index (χ2v) is 5.44. The molecule has 0 spiro atoms. The van der Waals surface area contributed by atoms with Gasteiger partial charge in [-0.05, 0) is 30.2 Å². The van der Waals surface area contributed by atoms with Gasteiger partial charge in [0.25, 0.3) is 0 Å². The fourth-order valence-electron chi connectivity index (χ4n) is 2.59. The third kappa shape index (κ3) is 3.30. The molecule has 0 aliphatic carbocycles. The van der Waals surface area contributed by atoms with Crippen molar-refractivity contribution in [3.63, 3.8) is 0 Å². The van der Waals surface area contributed by atoms with E-state index in [9.17, 15) is 9.59 Å². The van der Waals surface area contributed by atoms with Crippen molar-refractivity contribution in [1.82, 2.24) is 0 Å². The molecule has 24 heavy (non-hydrogen) atoms. The van der Waals surface area contributed by atoms with Gasteiger partial charge in [0, 0.05) is 23.1 Å². The van der Waals surface area contributed by atoms with Crippen molar-refractivity contribution >= 4 is 16.9 Å². The summed E-state index contributed by atoms with van der Waals surface area (Å²) in [7, 11) is 0. The van der Waals surface area contributed by atoms with Crippen molar-refractivity contribution in [2.24, 2.45) is 0 Å². The number of fused-ring (bicyclic) bond motifs is 1. The van der Waals surface area contributed by atoms with Crippen LogP contribution >= 0.6 is 0 Å². The second-order valence-electron chi connectivity index (χ2n) is 5.44. The number of carboxylic acid groups (broad SMARTS) is 1. The SMILES string of the molecule is Cc1ccccc1-c1cc(=O)oc2cc(OCCC(=O)O)ccc12. The van der Waals surface area contributed by atoms with Gasteiger partial charge in [-0.15, -0.1) is 0 Å². The van der Waals surface area contributed by atoms with E-state index in [0.717, 1.165) is 22.1 Å². The van der Waals surface area contributed by atoms with Gasteiger partial charge in [0.1, 0.15) is 11.3 Å². The highest BCUT2D eigenvalue weighted by molar-refractivity contribution is 5.94. The molecule has 0 aliphatic heterocycles. The average molecular weight is 324 g/mol. The minimum Gasteiger partial charge on any atom is -0.493 e. The third-order valence-electron chi connectivity index (χ3n) is 3.74. The van der Waals surface area contributed by atoms with Gasteiger partial charge in [-0.1, -0.05) is 24.3 Å². The van der Waals surface area contributed by atoms with Crippen LogP contribution in [0.3, 0.4) is 0 Å². The summed E-state index contributed by atoms with van der Waals surface area (Å²) in [5.41, 5.74) is 2.80. The van der Waals surface area contributed by atoms with Crippen molar-refractivity contribution in [1.29, 1.82) is 0 Å². The molecule has 5 heteroatoms. The summed E-state index contributed by atoms with van der Waals surface area (Å²) in [6.45, 7) is 2.04. The van der Waals surface area contributed by atoms with Gasteiger partial charge >= 0.3 is 11.6 Å². The van der Waals surface area contributed by atoms with E-state index in [1.165, 1.54) is 6.07 Å². The molecule has 0 bridgehead atoms. The van der Waals surface area contributed by atoms with Gasteiger partial charge in [-0.25, -0.2) is 4.79 Å². The van der Waals surface area contributed by atoms with E-state index < -0.39 is 11.6 Å². The van der Waals surface area contributed by atoms with Crippen molar-refractivity contribution in [2.45, 2.75) is 13.3 Å². The van der Waals surface area contributed by atoms with Crippen LogP contribution in [0.1, 0.15) is 12.0 Å². The third-order valence-corrected chi connectivity index (χ3v) is 3.74. The Labute approximate surface area is 138 Å². The van der Waals surface area contributed by atoms with E-state index >= 15 is 0 Å². The molecule has 0 fully saturated rings. The number of carboxylic acids is 1. The molecule has 0 atom stereocenters. The number of benzene rings is 2. The zero-order chi connectivity index (χ0) is 17.1. The molecule has 0 unspecified atom stereocenters. The number of ether oxygens (including phenoxy) is 1. The summed E-state index contributed by atoms with van der Waals surface area (Å²) in [6.07, 6.45) is -0.0920. The van der Waals surface area contributed by atoms with Gasteiger partial charge in [-0.2, -0.15) is 0 Å². The molecule has 0 aliphatic rings. The maximum atomic E-state index is 11.9. The standard InChI is InChI=1S/C19H16O5/c1-12-4-2-3-5-14(12)16-11-19(22)24-17-10-13(6-7-15(16)17)23-9-8-18(20)21/h2-7,10-11H,8-9H2,1H3,(H,20,21). The molecule has 1 heterocycles. The van der Waals surface area contributed by atoms with Gasteiger partial charge < -0.3 is 14.3 Å².